The summed E-state index contributed by atoms with van der Waals surface area (Å²) in [6, 6.07) is 0. The van der Waals surface area contributed by atoms with Crippen LogP contribution in [0.15, 0.2) is 6.20 Å². The molecule has 2 aliphatic carbocycles. The number of nitrogens with zero attached hydrogens (tertiary/aromatic N) is 2. The second kappa shape index (κ2) is 6.77. The Hall–Kier alpha value is -1.78. The van der Waals surface area contributed by atoms with Crippen molar-refractivity contribution in [3.05, 3.63) is 17.6 Å². The maximum absolute atomic E-state index is 11.4. The monoisotopic (exact) mass is 315 g/mol. The van der Waals surface area contributed by atoms with Gasteiger partial charge in [-0.05, 0) is 38.5 Å². The summed E-state index contributed by atoms with van der Waals surface area (Å²) in [5, 5.41) is 7.91. The van der Waals surface area contributed by atoms with Crippen LogP contribution in [-0.4, -0.2) is 28.1 Å². The van der Waals surface area contributed by atoms with Gasteiger partial charge in [0.25, 0.3) is 0 Å². The molecule has 2 aliphatic rings. The number of carbonyl (C=O) groups excluding carboxylic acids is 1. The predicted molar refractivity (Wildman–Crippen MR) is 88.1 cm³/mol. The molecule has 124 valence electrons. The predicted octanol–water partition coefficient (Wildman–Crippen LogP) is 3.46. The van der Waals surface area contributed by atoms with Crippen LogP contribution < -0.4 is 4.74 Å². The van der Waals surface area contributed by atoms with Crippen molar-refractivity contribution in [2.45, 2.75) is 58.3 Å². The highest BCUT2D eigenvalue weighted by molar-refractivity contribution is 5.86. The number of aromatic nitrogens is 2. The zero-order valence-electron chi connectivity index (χ0n) is 14.0. The normalized spacial score (nSPS) is 24.5. The molecule has 2 atom stereocenters. The van der Waals surface area contributed by atoms with Crippen LogP contribution in [0, 0.1) is 24.2 Å². The van der Waals surface area contributed by atoms with E-state index < -0.39 is 0 Å². The third kappa shape index (κ3) is 3.77. The van der Waals surface area contributed by atoms with Crippen LogP contribution in [0.5, 0.6) is 5.88 Å². The first kappa shape index (κ1) is 16.1. The van der Waals surface area contributed by atoms with E-state index in [1.807, 2.05) is 20.0 Å². The van der Waals surface area contributed by atoms with Crippen molar-refractivity contribution in [1.29, 1.82) is 5.41 Å². The molecule has 2 unspecified atom stereocenters. The number of rotatable bonds is 6. The average Bonchev–Trinajstić information content (AvgIpc) is 3.33. The van der Waals surface area contributed by atoms with E-state index in [1.165, 1.54) is 0 Å². The first-order chi connectivity index (χ1) is 11.1. The van der Waals surface area contributed by atoms with E-state index in [-0.39, 0.29) is 0 Å². The number of aryl methyl sites for hydroxylation is 1. The van der Waals surface area contributed by atoms with Crippen LogP contribution in [0.2, 0.25) is 0 Å². The van der Waals surface area contributed by atoms with Crippen molar-refractivity contribution in [2.24, 2.45) is 11.8 Å². The van der Waals surface area contributed by atoms with E-state index in [2.05, 4.69) is 9.97 Å². The van der Waals surface area contributed by atoms with Gasteiger partial charge in [0.2, 0.25) is 5.88 Å². The van der Waals surface area contributed by atoms with Gasteiger partial charge in [0.15, 0.2) is 0 Å². The van der Waals surface area contributed by atoms with Crippen LogP contribution >= 0.6 is 0 Å². The SMILES string of the molecule is CCC(=N)C1CC1COc1nc(C)ncc1C1CCC(=O)CC1. The van der Waals surface area contributed by atoms with Gasteiger partial charge in [-0.2, -0.15) is 4.98 Å². The van der Waals surface area contributed by atoms with Gasteiger partial charge in [0.05, 0.1) is 6.61 Å². The summed E-state index contributed by atoms with van der Waals surface area (Å²) in [4.78, 5) is 20.3. The van der Waals surface area contributed by atoms with Gasteiger partial charge in [0, 0.05) is 42.1 Å². The first-order valence-electron chi connectivity index (χ1n) is 8.63. The Morgan fingerprint density at radius 2 is 2.13 bits per heavy atom. The molecule has 0 aromatic carbocycles. The minimum absolute atomic E-state index is 0.326. The van der Waals surface area contributed by atoms with Gasteiger partial charge in [-0.3, -0.25) is 4.79 Å². The largest absolute Gasteiger partial charge is 0.477 e. The van der Waals surface area contributed by atoms with Gasteiger partial charge in [0.1, 0.15) is 11.6 Å². The Kier molecular flexibility index (Phi) is 4.74. The molecule has 23 heavy (non-hydrogen) atoms. The summed E-state index contributed by atoms with van der Waals surface area (Å²) in [5.41, 5.74) is 1.88. The van der Waals surface area contributed by atoms with E-state index in [9.17, 15) is 4.79 Å². The first-order valence-corrected chi connectivity index (χ1v) is 8.63. The fourth-order valence-electron chi connectivity index (χ4n) is 3.41. The number of hydrogen-bond acceptors (Lipinski definition) is 5. The molecule has 2 saturated carbocycles. The van der Waals surface area contributed by atoms with Crippen LogP contribution in [0.3, 0.4) is 0 Å². The van der Waals surface area contributed by atoms with Gasteiger partial charge < -0.3 is 10.1 Å². The Balaban J connectivity index is 1.65. The maximum Gasteiger partial charge on any atom is 0.220 e. The van der Waals surface area contributed by atoms with E-state index in [0.717, 1.165) is 37.0 Å². The smallest absolute Gasteiger partial charge is 0.220 e. The summed E-state index contributed by atoms with van der Waals surface area (Å²) in [6.07, 6.45) is 6.80. The fourth-order valence-corrected chi connectivity index (χ4v) is 3.41. The molecule has 1 aromatic rings. The van der Waals surface area contributed by atoms with Gasteiger partial charge in [-0.25, -0.2) is 4.98 Å². The topological polar surface area (TPSA) is 75.9 Å². The number of nitrogens with one attached hydrogen (secondary N) is 1. The summed E-state index contributed by atoms with van der Waals surface area (Å²) >= 11 is 0. The van der Waals surface area contributed by atoms with Gasteiger partial charge in [-0.15, -0.1) is 0 Å². The van der Waals surface area contributed by atoms with Crippen LogP contribution in [0.25, 0.3) is 0 Å². The second-order valence-corrected chi connectivity index (χ2v) is 6.78. The minimum Gasteiger partial charge on any atom is -0.477 e. The van der Waals surface area contributed by atoms with Crippen molar-refractivity contribution in [2.75, 3.05) is 6.61 Å². The van der Waals surface area contributed by atoms with E-state index >= 15 is 0 Å². The molecule has 1 heterocycles. The Bertz CT molecular complexity index is 604. The van der Waals surface area contributed by atoms with Crippen molar-refractivity contribution in [1.82, 2.24) is 9.97 Å². The summed E-state index contributed by atoms with van der Waals surface area (Å²) < 4.78 is 6.01. The maximum atomic E-state index is 11.4. The van der Waals surface area contributed by atoms with Crippen LogP contribution in [-0.2, 0) is 4.79 Å². The lowest BCUT2D eigenvalue weighted by molar-refractivity contribution is -0.120. The highest BCUT2D eigenvalue weighted by Gasteiger charge is 2.40. The van der Waals surface area contributed by atoms with Crippen LogP contribution in [0.4, 0.5) is 0 Å². The Morgan fingerprint density at radius 1 is 1.39 bits per heavy atom. The third-order valence-corrected chi connectivity index (χ3v) is 5.07. The molecule has 0 radical (unpaired) electrons. The van der Waals surface area contributed by atoms with Crippen molar-refractivity contribution in [3.8, 4) is 5.88 Å². The lowest BCUT2D eigenvalue weighted by atomic mass is 9.84. The minimum atomic E-state index is 0.326. The molecule has 0 spiro atoms. The van der Waals surface area contributed by atoms with Crippen molar-refractivity contribution >= 4 is 11.5 Å². The zero-order chi connectivity index (χ0) is 16.4. The molecule has 1 N–H and O–H groups in total. The Morgan fingerprint density at radius 3 is 2.83 bits per heavy atom. The highest BCUT2D eigenvalue weighted by atomic mass is 16.5. The third-order valence-electron chi connectivity index (χ3n) is 5.07. The Labute approximate surface area is 137 Å². The molecular formula is C18H25N3O2. The molecule has 2 fully saturated rings. The van der Waals surface area contributed by atoms with Crippen LogP contribution in [0.1, 0.15) is 62.8 Å². The average molecular weight is 315 g/mol. The highest BCUT2D eigenvalue weighted by Crippen LogP contribution is 2.41. The molecule has 3 rings (SSSR count). The molecule has 0 bridgehead atoms. The van der Waals surface area contributed by atoms with Crippen molar-refractivity contribution < 1.29 is 9.53 Å². The molecule has 0 saturated heterocycles. The molecule has 1 aromatic heterocycles. The lowest BCUT2D eigenvalue weighted by Crippen LogP contribution is -2.15. The zero-order valence-corrected chi connectivity index (χ0v) is 14.0. The quantitative estimate of drug-likeness (QED) is 0.816. The number of Topliss-reactive ketones (excluding diaryl/α,β-unsaturated/α-hetero) is 1. The number of ether oxygens (including phenoxy) is 1. The summed E-state index contributed by atoms with van der Waals surface area (Å²) in [6.45, 7) is 4.53. The molecule has 5 nitrogen and oxygen atoms in total. The van der Waals surface area contributed by atoms with Crippen molar-refractivity contribution in [3.63, 3.8) is 0 Å². The summed E-state index contributed by atoms with van der Waals surface area (Å²) in [7, 11) is 0. The fraction of sp³-hybridized carbons (Fsp3) is 0.667. The number of hydrogen-bond donors (Lipinski definition) is 1. The number of carbonyl (C=O) groups is 1. The lowest BCUT2D eigenvalue weighted by Gasteiger charge is -2.22. The number of ketones is 1. The van der Waals surface area contributed by atoms with E-state index in [4.69, 9.17) is 10.1 Å². The second-order valence-electron chi connectivity index (χ2n) is 6.78. The van der Waals surface area contributed by atoms with E-state index in [0.29, 0.717) is 54.7 Å². The summed E-state index contributed by atoms with van der Waals surface area (Å²) in [5.74, 6) is 2.94. The standard InChI is InChI=1S/C18H25N3O2/c1-3-17(19)15-8-13(15)10-23-18-16(9-20-11(2)21-18)12-4-6-14(22)7-5-12/h9,12-13,15,19H,3-8,10H2,1-2H3. The molecular weight excluding hydrogens is 290 g/mol. The molecule has 0 aliphatic heterocycles. The van der Waals surface area contributed by atoms with E-state index in [1.54, 1.807) is 0 Å². The van der Waals surface area contributed by atoms with Gasteiger partial charge in [-0.1, -0.05) is 6.92 Å². The molecule has 5 heteroatoms. The molecule has 0 amide bonds. The van der Waals surface area contributed by atoms with Gasteiger partial charge >= 0.3 is 0 Å².